The summed E-state index contributed by atoms with van der Waals surface area (Å²) in [5, 5.41) is 13.3. The van der Waals surface area contributed by atoms with Gasteiger partial charge >= 0.3 is 0 Å². The normalized spacial score (nSPS) is 10.6. The van der Waals surface area contributed by atoms with E-state index in [2.05, 4.69) is 10.3 Å². The number of hydroxylamine groups is 1. The van der Waals surface area contributed by atoms with Crippen molar-refractivity contribution in [2.45, 2.75) is 0 Å². The molecule has 0 aliphatic rings. The summed E-state index contributed by atoms with van der Waals surface area (Å²) in [4.78, 5) is 40.2. The standard InChI is InChI=1S/C23H21N3O7S/c1-31-17-10-14(11-18(32-2)22(17)33-3)21(29)16-12-34-23(25-16)13-4-6-15(7-5-13)24-19(27)8-9-20(28)26-30/h4-12,30H,1-3H3,(H,24,27)(H,26,28)/b9-8+. The Morgan fingerprint density at radius 3 is 2.12 bits per heavy atom. The van der Waals surface area contributed by atoms with Gasteiger partial charge in [0, 0.05) is 34.3 Å². The first-order valence-corrected chi connectivity index (χ1v) is 10.6. The number of nitrogens with one attached hydrogen (secondary N) is 2. The highest BCUT2D eigenvalue weighted by atomic mass is 32.1. The molecule has 0 atom stereocenters. The summed E-state index contributed by atoms with van der Waals surface area (Å²) < 4.78 is 15.9. The van der Waals surface area contributed by atoms with Crippen LogP contribution in [-0.4, -0.2) is 49.1 Å². The first kappa shape index (κ1) is 24.4. The third kappa shape index (κ3) is 5.57. The third-order valence-corrected chi connectivity index (χ3v) is 5.45. The maximum absolute atomic E-state index is 13.0. The van der Waals surface area contributed by atoms with E-state index in [9.17, 15) is 14.4 Å². The second kappa shape index (κ2) is 11.1. The fourth-order valence-corrected chi connectivity index (χ4v) is 3.75. The molecule has 1 heterocycles. The zero-order chi connectivity index (χ0) is 24.7. The van der Waals surface area contributed by atoms with Gasteiger partial charge in [-0.15, -0.1) is 11.3 Å². The summed E-state index contributed by atoms with van der Waals surface area (Å²) in [6.45, 7) is 0. The van der Waals surface area contributed by atoms with Crippen LogP contribution in [0.2, 0.25) is 0 Å². The van der Waals surface area contributed by atoms with Crippen LogP contribution in [0.5, 0.6) is 17.2 Å². The Hall–Kier alpha value is -4.22. The predicted octanol–water partition coefficient (Wildman–Crippen LogP) is 3.07. The fourth-order valence-electron chi connectivity index (χ4n) is 2.94. The number of ketones is 1. The van der Waals surface area contributed by atoms with Gasteiger partial charge in [0.1, 0.15) is 10.7 Å². The van der Waals surface area contributed by atoms with Crippen LogP contribution >= 0.6 is 11.3 Å². The minimum absolute atomic E-state index is 0.263. The molecule has 0 fully saturated rings. The summed E-state index contributed by atoms with van der Waals surface area (Å²) in [6.07, 6.45) is 1.88. The zero-order valence-electron chi connectivity index (χ0n) is 18.4. The van der Waals surface area contributed by atoms with Gasteiger partial charge < -0.3 is 19.5 Å². The number of nitrogens with zero attached hydrogens (tertiary/aromatic N) is 1. The van der Waals surface area contributed by atoms with Gasteiger partial charge in [0.15, 0.2) is 11.5 Å². The Bertz CT molecular complexity index is 1210. The molecule has 11 heteroatoms. The molecule has 0 bridgehead atoms. The first-order chi connectivity index (χ1) is 16.4. The maximum Gasteiger partial charge on any atom is 0.267 e. The molecule has 1 aromatic heterocycles. The average molecular weight is 484 g/mol. The van der Waals surface area contributed by atoms with E-state index in [0.717, 1.165) is 17.7 Å². The highest BCUT2D eigenvalue weighted by Crippen LogP contribution is 2.39. The lowest BCUT2D eigenvalue weighted by Crippen LogP contribution is -2.16. The Morgan fingerprint density at radius 2 is 1.56 bits per heavy atom. The van der Waals surface area contributed by atoms with E-state index in [4.69, 9.17) is 19.4 Å². The second-order valence-electron chi connectivity index (χ2n) is 6.66. The number of carbonyl (C=O) groups excluding carboxylic acids is 3. The van der Waals surface area contributed by atoms with Crippen LogP contribution in [0.1, 0.15) is 16.1 Å². The van der Waals surface area contributed by atoms with E-state index in [-0.39, 0.29) is 11.5 Å². The lowest BCUT2D eigenvalue weighted by atomic mass is 10.1. The number of hydrogen-bond donors (Lipinski definition) is 3. The monoisotopic (exact) mass is 483 g/mol. The van der Waals surface area contributed by atoms with E-state index < -0.39 is 11.8 Å². The summed E-state index contributed by atoms with van der Waals surface area (Å²) in [5.74, 6) is -0.533. The largest absolute Gasteiger partial charge is 0.493 e. The van der Waals surface area contributed by atoms with Crippen LogP contribution in [0.3, 0.4) is 0 Å². The number of ether oxygens (including phenoxy) is 3. The number of aromatic nitrogens is 1. The van der Waals surface area contributed by atoms with Crippen molar-refractivity contribution in [1.29, 1.82) is 0 Å². The van der Waals surface area contributed by atoms with Gasteiger partial charge in [-0.2, -0.15) is 0 Å². The number of thiazole rings is 1. The van der Waals surface area contributed by atoms with Gasteiger partial charge in [-0.05, 0) is 36.4 Å². The highest BCUT2D eigenvalue weighted by Gasteiger charge is 2.20. The molecule has 0 saturated carbocycles. The van der Waals surface area contributed by atoms with Crippen molar-refractivity contribution in [3.05, 3.63) is 65.2 Å². The van der Waals surface area contributed by atoms with Crippen molar-refractivity contribution >= 4 is 34.6 Å². The van der Waals surface area contributed by atoms with Gasteiger partial charge in [-0.25, -0.2) is 10.5 Å². The Kier molecular flexibility index (Phi) is 7.96. The van der Waals surface area contributed by atoms with Crippen molar-refractivity contribution < 1.29 is 33.8 Å². The van der Waals surface area contributed by atoms with Crippen molar-refractivity contribution in [1.82, 2.24) is 10.5 Å². The lowest BCUT2D eigenvalue weighted by molar-refractivity contribution is -0.124. The van der Waals surface area contributed by atoms with E-state index in [1.807, 2.05) is 0 Å². The minimum atomic E-state index is -0.814. The maximum atomic E-state index is 13.0. The predicted molar refractivity (Wildman–Crippen MR) is 125 cm³/mol. The average Bonchev–Trinajstić information content (AvgIpc) is 3.36. The molecule has 176 valence electrons. The summed E-state index contributed by atoms with van der Waals surface area (Å²) in [6, 6.07) is 9.95. The van der Waals surface area contributed by atoms with Crippen LogP contribution in [0, 0.1) is 0 Å². The Morgan fingerprint density at radius 1 is 0.941 bits per heavy atom. The minimum Gasteiger partial charge on any atom is -0.493 e. The molecule has 0 aliphatic heterocycles. The van der Waals surface area contributed by atoms with Gasteiger partial charge in [-0.1, -0.05) is 0 Å². The molecule has 2 amide bonds. The molecular weight excluding hydrogens is 462 g/mol. The quantitative estimate of drug-likeness (QED) is 0.183. The number of hydrogen-bond acceptors (Lipinski definition) is 9. The van der Waals surface area contributed by atoms with Gasteiger partial charge in [-0.3, -0.25) is 19.6 Å². The Balaban J connectivity index is 1.76. The molecule has 0 saturated heterocycles. The van der Waals surface area contributed by atoms with E-state index in [1.165, 1.54) is 38.1 Å². The van der Waals surface area contributed by atoms with Crippen molar-refractivity contribution in [3.8, 4) is 27.8 Å². The summed E-state index contributed by atoms with van der Waals surface area (Å²) in [5.41, 5.74) is 3.24. The molecule has 3 N–H and O–H groups in total. The molecule has 0 unspecified atom stereocenters. The molecular formula is C23H21N3O7S. The van der Waals surface area contributed by atoms with Crippen LogP contribution < -0.4 is 25.0 Å². The number of amides is 2. The van der Waals surface area contributed by atoms with E-state index in [1.54, 1.807) is 41.8 Å². The second-order valence-corrected chi connectivity index (χ2v) is 7.52. The smallest absolute Gasteiger partial charge is 0.267 e. The van der Waals surface area contributed by atoms with Gasteiger partial charge in [0.2, 0.25) is 17.4 Å². The number of methoxy groups -OCH3 is 3. The van der Waals surface area contributed by atoms with Crippen molar-refractivity contribution in [2.24, 2.45) is 0 Å². The summed E-state index contributed by atoms with van der Waals surface area (Å²) in [7, 11) is 4.43. The molecule has 0 spiro atoms. The third-order valence-electron chi connectivity index (χ3n) is 4.56. The van der Waals surface area contributed by atoms with E-state index >= 15 is 0 Å². The Labute approximate surface area is 198 Å². The fraction of sp³-hybridized carbons (Fsp3) is 0.130. The zero-order valence-corrected chi connectivity index (χ0v) is 19.3. The molecule has 3 aromatic rings. The molecule has 3 rings (SSSR count). The number of anilines is 1. The molecule has 10 nitrogen and oxygen atoms in total. The lowest BCUT2D eigenvalue weighted by Gasteiger charge is -2.13. The number of benzene rings is 2. The highest BCUT2D eigenvalue weighted by molar-refractivity contribution is 7.13. The molecule has 34 heavy (non-hydrogen) atoms. The van der Waals surface area contributed by atoms with Crippen LogP contribution in [-0.2, 0) is 9.59 Å². The molecule has 2 aromatic carbocycles. The SMILES string of the molecule is COc1cc(C(=O)c2csc(-c3ccc(NC(=O)/C=C/C(=O)NO)cc3)n2)cc(OC)c1OC. The topological polar surface area (TPSA) is 136 Å². The van der Waals surface area contributed by atoms with Crippen LogP contribution in [0.4, 0.5) is 5.69 Å². The number of rotatable bonds is 9. The number of carbonyl (C=O) groups is 3. The molecule has 0 aliphatic carbocycles. The van der Waals surface area contributed by atoms with Crippen LogP contribution in [0.15, 0.2) is 53.9 Å². The van der Waals surface area contributed by atoms with Gasteiger partial charge in [0.05, 0.1) is 21.3 Å². The molecule has 0 radical (unpaired) electrons. The first-order valence-electron chi connectivity index (χ1n) is 9.74. The van der Waals surface area contributed by atoms with Gasteiger partial charge in [0.25, 0.3) is 5.91 Å². The summed E-state index contributed by atoms with van der Waals surface area (Å²) >= 11 is 1.30. The van der Waals surface area contributed by atoms with E-state index in [0.29, 0.717) is 33.5 Å². The van der Waals surface area contributed by atoms with Crippen LogP contribution in [0.25, 0.3) is 10.6 Å². The van der Waals surface area contributed by atoms with Crippen molar-refractivity contribution in [3.63, 3.8) is 0 Å². The van der Waals surface area contributed by atoms with Crippen molar-refractivity contribution in [2.75, 3.05) is 26.6 Å².